The molecule has 0 unspecified atom stereocenters. The van der Waals surface area contributed by atoms with Gasteiger partial charge in [-0.3, -0.25) is 14.0 Å². The van der Waals surface area contributed by atoms with Gasteiger partial charge in [0, 0.05) is 44.4 Å². The van der Waals surface area contributed by atoms with Crippen molar-refractivity contribution in [2.75, 3.05) is 31.1 Å². The topological polar surface area (TPSA) is 57.9 Å². The lowest BCUT2D eigenvalue weighted by atomic mass is 9.95. The number of amides is 1. The number of hydrogen-bond donors (Lipinski definition) is 0. The third kappa shape index (κ3) is 3.45. The molecule has 2 saturated heterocycles. The van der Waals surface area contributed by atoms with E-state index in [0.29, 0.717) is 11.6 Å². The standard InChI is InChI=1S/C20H26N4O2/c25-19-15-18(21-17-7-3-6-12-24(17)19)22-13-8-16(9-14-22)20(26)23-10-4-1-2-5-11-23/h3,6-7,12,15-16H,1-2,4-5,8-11,13-14H2. The van der Waals surface area contributed by atoms with Crippen molar-refractivity contribution in [2.24, 2.45) is 5.92 Å². The van der Waals surface area contributed by atoms with Crippen molar-refractivity contribution >= 4 is 17.4 Å². The third-order valence-electron chi connectivity index (χ3n) is 5.64. The molecule has 2 aromatic rings. The molecule has 26 heavy (non-hydrogen) atoms. The van der Waals surface area contributed by atoms with Crippen LogP contribution in [0.4, 0.5) is 5.82 Å². The zero-order chi connectivity index (χ0) is 17.9. The molecule has 0 radical (unpaired) electrons. The highest BCUT2D eigenvalue weighted by Crippen LogP contribution is 2.24. The Balaban J connectivity index is 1.43. The Kier molecular flexibility index (Phi) is 4.91. The summed E-state index contributed by atoms with van der Waals surface area (Å²) in [5.41, 5.74) is 0.603. The lowest BCUT2D eigenvalue weighted by Gasteiger charge is -2.34. The van der Waals surface area contributed by atoms with Gasteiger partial charge in [0.05, 0.1) is 0 Å². The van der Waals surface area contributed by atoms with Crippen LogP contribution in [0.1, 0.15) is 38.5 Å². The van der Waals surface area contributed by atoms with Gasteiger partial charge in [0.2, 0.25) is 5.91 Å². The summed E-state index contributed by atoms with van der Waals surface area (Å²) < 4.78 is 1.55. The molecule has 6 heteroatoms. The van der Waals surface area contributed by atoms with Gasteiger partial charge in [-0.2, -0.15) is 0 Å². The Labute approximate surface area is 153 Å². The average molecular weight is 354 g/mol. The second-order valence-corrected chi connectivity index (χ2v) is 7.38. The van der Waals surface area contributed by atoms with Crippen LogP contribution in [0, 0.1) is 5.92 Å². The molecule has 2 aliphatic heterocycles. The molecule has 0 aromatic carbocycles. The number of fused-ring (bicyclic) bond motifs is 1. The fourth-order valence-corrected chi connectivity index (χ4v) is 4.11. The van der Waals surface area contributed by atoms with Crippen LogP contribution in [0.15, 0.2) is 35.3 Å². The highest BCUT2D eigenvalue weighted by molar-refractivity contribution is 5.79. The van der Waals surface area contributed by atoms with E-state index in [-0.39, 0.29) is 11.5 Å². The number of rotatable bonds is 2. The van der Waals surface area contributed by atoms with Crippen molar-refractivity contribution in [1.82, 2.24) is 14.3 Å². The number of hydrogen-bond acceptors (Lipinski definition) is 4. The zero-order valence-corrected chi connectivity index (χ0v) is 15.1. The number of piperidine rings is 1. The molecule has 4 rings (SSSR count). The summed E-state index contributed by atoms with van der Waals surface area (Å²) in [5.74, 6) is 1.17. The fourth-order valence-electron chi connectivity index (χ4n) is 4.11. The maximum atomic E-state index is 12.8. The van der Waals surface area contributed by atoms with E-state index in [1.54, 1.807) is 16.7 Å². The van der Waals surface area contributed by atoms with Crippen LogP contribution in [-0.4, -0.2) is 46.4 Å². The first-order valence-electron chi connectivity index (χ1n) is 9.74. The molecular weight excluding hydrogens is 328 g/mol. The Morgan fingerprint density at radius 2 is 1.73 bits per heavy atom. The van der Waals surface area contributed by atoms with Crippen LogP contribution in [0.2, 0.25) is 0 Å². The molecule has 2 aliphatic rings. The molecule has 138 valence electrons. The monoisotopic (exact) mass is 354 g/mol. The maximum absolute atomic E-state index is 12.8. The lowest BCUT2D eigenvalue weighted by molar-refractivity contribution is -0.136. The molecule has 2 fully saturated rings. The third-order valence-corrected chi connectivity index (χ3v) is 5.64. The SMILES string of the molecule is O=C(C1CCN(c2cc(=O)n3ccccc3n2)CC1)N1CCCCCC1. The van der Waals surface area contributed by atoms with Gasteiger partial charge in [-0.05, 0) is 37.8 Å². The van der Waals surface area contributed by atoms with Gasteiger partial charge in [-0.15, -0.1) is 0 Å². The van der Waals surface area contributed by atoms with E-state index < -0.39 is 0 Å². The minimum Gasteiger partial charge on any atom is -0.356 e. The van der Waals surface area contributed by atoms with Gasteiger partial charge in [0.25, 0.3) is 5.56 Å². The van der Waals surface area contributed by atoms with Crippen molar-refractivity contribution in [1.29, 1.82) is 0 Å². The normalized spacial score (nSPS) is 19.5. The molecule has 2 aromatic heterocycles. The molecule has 6 nitrogen and oxygen atoms in total. The van der Waals surface area contributed by atoms with Crippen LogP contribution in [0.5, 0.6) is 0 Å². The molecule has 0 saturated carbocycles. The van der Waals surface area contributed by atoms with Gasteiger partial charge in [0.1, 0.15) is 11.5 Å². The smallest absolute Gasteiger partial charge is 0.259 e. The Bertz CT molecular complexity index is 831. The Hall–Kier alpha value is -2.37. The van der Waals surface area contributed by atoms with E-state index in [4.69, 9.17) is 0 Å². The Morgan fingerprint density at radius 1 is 1.00 bits per heavy atom. The number of carbonyl (C=O) groups is 1. The number of pyridine rings is 1. The molecule has 0 spiro atoms. The van der Waals surface area contributed by atoms with E-state index in [1.807, 2.05) is 18.2 Å². The first-order chi connectivity index (χ1) is 12.7. The Morgan fingerprint density at radius 3 is 2.46 bits per heavy atom. The molecule has 4 heterocycles. The van der Waals surface area contributed by atoms with Gasteiger partial charge >= 0.3 is 0 Å². The van der Waals surface area contributed by atoms with Crippen molar-refractivity contribution in [3.8, 4) is 0 Å². The number of likely N-dealkylation sites (tertiary alicyclic amines) is 1. The summed E-state index contributed by atoms with van der Waals surface area (Å²) >= 11 is 0. The fraction of sp³-hybridized carbons (Fsp3) is 0.550. The van der Waals surface area contributed by atoms with Crippen LogP contribution in [-0.2, 0) is 4.79 Å². The van der Waals surface area contributed by atoms with Crippen molar-refractivity contribution in [3.63, 3.8) is 0 Å². The largest absolute Gasteiger partial charge is 0.356 e. The quantitative estimate of drug-likeness (QED) is 0.830. The number of carbonyl (C=O) groups excluding carboxylic acids is 1. The number of anilines is 1. The van der Waals surface area contributed by atoms with Crippen LogP contribution >= 0.6 is 0 Å². The van der Waals surface area contributed by atoms with Gasteiger partial charge in [-0.25, -0.2) is 4.98 Å². The molecule has 0 bridgehead atoms. The van der Waals surface area contributed by atoms with E-state index >= 15 is 0 Å². The minimum absolute atomic E-state index is 0.0617. The summed E-state index contributed by atoms with van der Waals surface area (Å²) in [6.07, 6.45) is 8.17. The van der Waals surface area contributed by atoms with E-state index in [1.165, 1.54) is 12.8 Å². The summed E-state index contributed by atoms with van der Waals surface area (Å²) in [5, 5.41) is 0. The van der Waals surface area contributed by atoms with Crippen LogP contribution in [0.3, 0.4) is 0 Å². The molecule has 1 amide bonds. The first-order valence-corrected chi connectivity index (χ1v) is 9.74. The van der Waals surface area contributed by atoms with Crippen molar-refractivity contribution < 1.29 is 4.79 Å². The average Bonchev–Trinajstić information content (AvgIpc) is 2.97. The highest BCUT2D eigenvalue weighted by atomic mass is 16.2. The molecular formula is C20H26N4O2. The van der Waals surface area contributed by atoms with Crippen LogP contribution < -0.4 is 10.5 Å². The predicted octanol–water partition coefficient (Wildman–Crippen LogP) is 2.31. The summed E-state index contributed by atoms with van der Waals surface area (Å²) in [6.45, 7) is 3.39. The van der Waals surface area contributed by atoms with Crippen LogP contribution in [0.25, 0.3) is 5.65 Å². The van der Waals surface area contributed by atoms with E-state index in [2.05, 4.69) is 14.8 Å². The van der Waals surface area contributed by atoms with E-state index in [9.17, 15) is 9.59 Å². The predicted molar refractivity (Wildman–Crippen MR) is 101 cm³/mol. The van der Waals surface area contributed by atoms with Gasteiger partial charge in [-0.1, -0.05) is 18.9 Å². The summed E-state index contributed by atoms with van der Waals surface area (Å²) in [7, 11) is 0. The lowest BCUT2D eigenvalue weighted by Crippen LogP contribution is -2.43. The maximum Gasteiger partial charge on any atom is 0.259 e. The van der Waals surface area contributed by atoms with E-state index in [0.717, 1.165) is 57.7 Å². The number of nitrogens with zero attached hydrogens (tertiary/aromatic N) is 4. The van der Waals surface area contributed by atoms with Crippen molar-refractivity contribution in [3.05, 3.63) is 40.8 Å². The summed E-state index contributed by atoms with van der Waals surface area (Å²) in [4.78, 5) is 33.9. The molecule has 0 N–H and O–H groups in total. The number of aromatic nitrogens is 2. The first kappa shape index (κ1) is 17.1. The molecule has 0 aliphatic carbocycles. The van der Waals surface area contributed by atoms with Crippen molar-refractivity contribution in [2.45, 2.75) is 38.5 Å². The minimum atomic E-state index is -0.0617. The van der Waals surface area contributed by atoms with Gasteiger partial charge < -0.3 is 9.80 Å². The summed E-state index contributed by atoms with van der Waals surface area (Å²) in [6, 6.07) is 7.16. The second-order valence-electron chi connectivity index (χ2n) is 7.38. The second kappa shape index (κ2) is 7.48. The zero-order valence-electron chi connectivity index (χ0n) is 15.1. The van der Waals surface area contributed by atoms with Gasteiger partial charge in [0.15, 0.2) is 0 Å². The highest BCUT2D eigenvalue weighted by Gasteiger charge is 2.29. The molecule has 0 atom stereocenters.